The van der Waals surface area contributed by atoms with Crippen LogP contribution >= 0.6 is 0 Å². The van der Waals surface area contributed by atoms with Gasteiger partial charge in [-0.2, -0.15) is 5.26 Å². The largest absolute Gasteiger partial charge is 0.394 e. The lowest BCUT2D eigenvalue weighted by atomic mass is 10.00. The summed E-state index contributed by atoms with van der Waals surface area (Å²) in [6, 6.07) is 7.53. The molecule has 0 aliphatic carbocycles. The first-order valence-corrected chi connectivity index (χ1v) is 12.0. The van der Waals surface area contributed by atoms with Crippen LogP contribution in [0.25, 0.3) is 5.57 Å². The summed E-state index contributed by atoms with van der Waals surface area (Å²) in [5.41, 5.74) is 11.2. The van der Waals surface area contributed by atoms with Crippen molar-refractivity contribution < 1.29 is 9.53 Å². The molecule has 3 heterocycles. The van der Waals surface area contributed by atoms with Gasteiger partial charge >= 0.3 is 0 Å². The second-order valence-electron chi connectivity index (χ2n) is 9.27. The monoisotopic (exact) mass is 477 g/mol. The molecule has 0 saturated carbocycles. The molecule has 3 atom stereocenters. The third-order valence-electron chi connectivity index (χ3n) is 6.90. The first-order valence-electron chi connectivity index (χ1n) is 12.0. The van der Waals surface area contributed by atoms with Crippen LogP contribution in [0.2, 0.25) is 0 Å². The molecular formula is C26H35N7O2. The highest BCUT2D eigenvalue weighted by molar-refractivity contribution is 5.89. The fourth-order valence-corrected chi connectivity index (χ4v) is 5.14. The minimum absolute atomic E-state index is 0.0932. The Labute approximate surface area is 207 Å². The number of nitriles is 1. The van der Waals surface area contributed by atoms with E-state index in [0.29, 0.717) is 24.6 Å². The molecule has 3 unspecified atom stereocenters. The topological polar surface area (TPSA) is 119 Å². The van der Waals surface area contributed by atoms with Gasteiger partial charge in [0.1, 0.15) is 12.2 Å². The van der Waals surface area contributed by atoms with Crippen LogP contribution < -0.4 is 21.7 Å². The van der Waals surface area contributed by atoms with Crippen LogP contribution in [0.4, 0.5) is 0 Å². The van der Waals surface area contributed by atoms with Gasteiger partial charge in [-0.3, -0.25) is 4.79 Å². The molecular weight excluding hydrogens is 442 g/mol. The average Bonchev–Trinajstić information content (AvgIpc) is 3.50. The lowest BCUT2D eigenvalue weighted by Crippen LogP contribution is -2.48. The summed E-state index contributed by atoms with van der Waals surface area (Å²) in [7, 11) is 5.81. The summed E-state index contributed by atoms with van der Waals surface area (Å²) >= 11 is 0. The van der Waals surface area contributed by atoms with Crippen LogP contribution in [0.3, 0.4) is 0 Å². The Morgan fingerprint density at radius 1 is 1.37 bits per heavy atom. The van der Waals surface area contributed by atoms with E-state index in [2.05, 4.69) is 34.0 Å². The minimum Gasteiger partial charge on any atom is -0.394 e. The molecule has 186 valence electrons. The van der Waals surface area contributed by atoms with Gasteiger partial charge in [-0.1, -0.05) is 0 Å². The molecule has 1 aromatic carbocycles. The SMILES string of the molecule is CN/C=C(\CN)c1cc(C#N)cc(CNCC(=O)C2C3=C(C=CN2C)NC(C2CCOC2)N3C)c1. The number of nitrogens with two attached hydrogens (primary N) is 1. The van der Waals surface area contributed by atoms with E-state index in [1.807, 2.05) is 55.7 Å². The van der Waals surface area contributed by atoms with Crippen molar-refractivity contribution in [1.82, 2.24) is 25.8 Å². The Balaban J connectivity index is 1.43. The number of allylic oxidation sites excluding steroid dienone is 1. The molecule has 0 bridgehead atoms. The van der Waals surface area contributed by atoms with Crippen LogP contribution in [-0.4, -0.2) is 75.2 Å². The third kappa shape index (κ3) is 5.20. The minimum atomic E-state index is -0.365. The van der Waals surface area contributed by atoms with Gasteiger partial charge in [-0.05, 0) is 47.4 Å². The van der Waals surface area contributed by atoms with Gasteiger partial charge in [0.15, 0.2) is 5.78 Å². The van der Waals surface area contributed by atoms with Crippen LogP contribution in [0.15, 0.2) is 48.1 Å². The van der Waals surface area contributed by atoms with Crippen molar-refractivity contribution in [2.24, 2.45) is 11.7 Å². The number of rotatable bonds is 9. The lowest BCUT2D eigenvalue weighted by molar-refractivity contribution is -0.121. The number of carbonyl (C=O) groups excluding carboxylic acids is 1. The first-order chi connectivity index (χ1) is 17.0. The molecule has 9 heteroatoms. The maximum absolute atomic E-state index is 13.4. The average molecular weight is 478 g/mol. The first kappa shape index (κ1) is 24.8. The Bertz CT molecular complexity index is 1080. The number of Topliss-reactive ketones (excluding diaryl/α,β-unsaturated/α-hetero) is 1. The molecule has 0 radical (unpaired) electrons. The zero-order valence-corrected chi connectivity index (χ0v) is 20.7. The maximum Gasteiger partial charge on any atom is 0.175 e. The lowest BCUT2D eigenvalue weighted by Gasteiger charge is -2.35. The highest BCUT2D eigenvalue weighted by Gasteiger charge is 2.42. The fourth-order valence-electron chi connectivity index (χ4n) is 5.14. The Hall–Kier alpha value is -3.32. The molecule has 3 aliphatic rings. The second kappa shape index (κ2) is 11.0. The zero-order chi connectivity index (χ0) is 24.9. The molecule has 1 fully saturated rings. The quantitative estimate of drug-likeness (QED) is 0.407. The maximum atomic E-state index is 13.4. The van der Waals surface area contributed by atoms with Crippen LogP contribution in [0.1, 0.15) is 23.1 Å². The van der Waals surface area contributed by atoms with Gasteiger partial charge in [0.2, 0.25) is 0 Å². The highest BCUT2D eigenvalue weighted by atomic mass is 16.5. The molecule has 1 aromatic rings. The molecule has 35 heavy (non-hydrogen) atoms. The number of hydrogen-bond acceptors (Lipinski definition) is 9. The van der Waals surface area contributed by atoms with Crippen molar-refractivity contribution in [1.29, 1.82) is 5.26 Å². The standard InChI is InChI=1S/C26H35N7O2/c1-29-14-21(12-28)20-9-17(11-27)8-18(10-20)13-30-15-23(34)25-24-22(4-6-32(25)2)31-26(33(24)3)19-5-7-35-16-19/h4,6,8-10,14,19,25-26,29-31H,5,7,12-13,15-16,28H2,1-3H3/b21-14+. The number of nitrogens with zero attached hydrogens (tertiary/aromatic N) is 3. The third-order valence-corrected chi connectivity index (χ3v) is 6.90. The normalized spacial score (nSPS) is 23.9. The van der Waals surface area contributed by atoms with Gasteiger partial charge in [0, 0.05) is 59.2 Å². The predicted molar refractivity (Wildman–Crippen MR) is 135 cm³/mol. The van der Waals surface area contributed by atoms with Crippen LogP contribution in [0, 0.1) is 17.2 Å². The summed E-state index contributed by atoms with van der Waals surface area (Å²) in [5, 5.41) is 19.4. The summed E-state index contributed by atoms with van der Waals surface area (Å²) in [4.78, 5) is 17.6. The molecule has 4 rings (SSSR count). The molecule has 0 amide bonds. The van der Waals surface area contributed by atoms with Crippen molar-refractivity contribution in [3.8, 4) is 6.07 Å². The van der Waals surface area contributed by atoms with E-state index in [9.17, 15) is 10.1 Å². The van der Waals surface area contributed by atoms with E-state index in [4.69, 9.17) is 10.5 Å². The Morgan fingerprint density at radius 2 is 2.20 bits per heavy atom. The van der Waals surface area contributed by atoms with Crippen molar-refractivity contribution in [3.05, 3.63) is 64.8 Å². The zero-order valence-electron chi connectivity index (χ0n) is 20.7. The number of likely N-dealkylation sites (N-methyl/N-ethyl adjacent to an activating group) is 2. The summed E-state index contributed by atoms with van der Waals surface area (Å²) in [6.45, 7) is 2.57. The van der Waals surface area contributed by atoms with Crippen molar-refractivity contribution >= 4 is 11.4 Å². The molecule has 5 N–H and O–H groups in total. The summed E-state index contributed by atoms with van der Waals surface area (Å²) in [5.74, 6) is 0.492. The fraction of sp³-hybridized carbons (Fsp3) is 0.462. The number of benzene rings is 1. The molecule has 0 spiro atoms. The molecule has 9 nitrogen and oxygen atoms in total. The Morgan fingerprint density at radius 3 is 2.89 bits per heavy atom. The van der Waals surface area contributed by atoms with E-state index in [0.717, 1.165) is 47.7 Å². The number of carbonyl (C=O) groups is 1. The van der Waals surface area contributed by atoms with Gasteiger partial charge in [0.05, 0.1) is 36.2 Å². The smallest absolute Gasteiger partial charge is 0.175 e. The summed E-state index contributed by atoms with van der Waals surface area (Å²) in [6.07, 6.45) is 6.99. The molecule has 3 aliphatic heterocycles. The number of ketones is 1. The number of nitrogens with one attached hydrogen (secondary N) is 3. The predicted octanol–water partition coefficient (Wildman–Crippen LogP) is 0.673. The van der Waals surface area contributed by atoms with E-state index in [1.54, 1.807) is 0 Å². The van der Waals surface area contributed by atoms with E-state index in [-0.39, 0.29) is 24.5 Å². The van der Waals surface area contributed by atoms with Gasteiger partial charge in [-0.25, -0.2) is 0 Å². The van der Waals surface area contributed by atoms with Gasteiger partial charge < -0.3 is 36.2 Å². The number of hydrogen-bond donors (Lipinski definition) is 4. The van der Waals surface area contributed by atoms with Crippen LogP contribution in [0.5, 0.6) is 0 Å². The van der Waals surface area contributed by atoms with E-state index in [1.165, 1.54) is 0 Å². The molecule has 0 aromatic heterocycles. The highest BCUT2D eigenvalue weighted by Crippen LogP contribution is 2.33. The van der Waals surface area contributed by atoms with Crippen molar-refractivity contribution in [2.75, 3.05) is 47.4 Å². The van der Waals surface area contributed by atoms with Gasteiger partial charge in [-0.15, -0.1) is 0 Å². The second-order valence-corrected chi connectivity index (χ2v) is 9.27. The summed E-state index contributed by atoms with van der Waals surface area (Å²) < 4.78 is 5.60. The Kier molecular flexibility index (Phi) is 7.76. The number of ether oxygens (including phenoxy) is 1. The van der Waals surface area contributed by atoms with Crippen LogP contribution in [-0.2, 0) is 16.1 Å². The van der Waals surface area contributed by atoms with Gasteiger partial charge in [0.25, 0.3) is 0 Å². The van der Waals surface area contributed by atoms with Crippen molar-refractivity contribution in [3.63, 3.8) is 0 Å². The molecule has 1 saturated heterocycles. The van der Waals surface area contributed by atoms with Crippen molar-refractivity contribution in [2.45, 2.75) is 25.2 Å². The van der Waals surface area contributed by atoms with E-state index >= 15 is 0 Å². The van der Waals surface area contributed by atoms with E-state index < -0.39 is 0 Å².